The number of anilines is 1. The first kappa shape index (κ1) is 19.7. The molecule has 0 spiro atoms. The minimum absolute atomic E-state index is 0.133. The number of halogens is 4. The SMILES string of the molecule is CN=C(NCCCCC(F)(F)F)N1CCN(c2ccccc2Cl)CC1. The maximum absolute atomic E-state index is 12.1. The number of para-hydroxylation sites is 1. The topological polar surface area (TPSA) is 30.9 Å². The Morgan fingerprint density at radius 2 is 1.84 bits per heavy atom. The molecule has 25 heavy (non-hydrogen) atoms. The van der Waals surface area contributed by atoms with Crippen molar-refractivity contribution in [1.29, 1.82) is 0 Å². The Balaban J connectivity index is 1.75. The van der Waals surface area contributed by atoms with Gasteiger partial charge in [-0.05, 0) is 25.0 Å². The van der Waals surface area contributed by atoms with Crippen LogP contribution in [0.1, 0.15) is 19.3 Å². The third-order valence-corrected chi connectivity index (χ3v) is 4.47. The van der Waals surface area contributed by atoms with Gasteiger partial charge in [0, 0.05) is 46.2 Å². The maximum Gasteiger partial charge on any atom is 0.389 e. The summed E-state index contributed by atoms with van der Waals surface area (Å²) in [5, 5.41) is 3.89. The number of guanidine groups is 1. The number of nitrogens with one attached hydrogen (secondary N) is 1. The van der Waals surface area contributed by atoms with Crippen molar-refractivity contribution in [2.24, 2.45) is 4.99 Å². The molecule has 1 aromatic carbocycles. The van der Waals surface area contributed by atoms with Crippen LogP contribution in [0.15, 0.2) is 29.3 Å². The minimum atomic E-state index is -4.07. The normalized spacial score (nSPS) is 16.3. The number of nitrogens with zero attached hydrogens (tertiary/aromatic N) is 3. The van der Waals surface area contributed by atoms with Gasteiger partial charge in [0.05, 0.1) is 10.7 Å². The average Bonchev–Trinajstić information content (AvgIpc) is 2.58. The average molecular weight is 377 g/mol. The summed E-state index contributed by atoms with van der Waals surface area (Å²) in [6.45, 7) is 3.70. The van der Waals surface area contributed by atoms with E-state index in [0.717, 1.165) is 42.8 Å². The van der Waals surface area contributed by atoms with E-state index < -0.39 is 12.6 Å². The van der Waals surface area contributed by atoms with Crippen LogP contribution in [0, 0.1) is 0 Å². The molecule has 1 aliphatic heterocycles. The molecule has 0 amide bonds. The number of hydrogen-bond acceptors (Lipinski definition) is 2. The zero-order valence-corrected chi connectivity index (χ0v) is 15.1. The van der Waals surface area contributed by atoms with Crippen molar-refractivity contribution in [3.63, 3.8) is 0 Å². The maximum atomic E-state index is 12.1. The number of benzene rings is 1. The molecule has 4 nitrogen and oxygen atoms in total. The van der Waals surface area contributed by atoms with Gasteiger partial charge in [-0.2, -0.15) is 13.2 Å². The quantitative estimate of drug-likeness (QED) is 0.482. The van der Waals surface area contributed by atoms with Crippen LogP contribution in [0.4, 0.5) is 18.9 Å². The summed E-state index contributed by atoms with van der Waals surface area (Å²) in [4.78, 5) is 8.59. The highest BCUT2D eigenvalue weighted by Gasteiger charge is 2.26. The summed E-state index contributed by atoms with van der Waals surface area (Å²) in [5.74, 6) is 0.741. The molecule has 0 bridgehead atoms. The van der Waals surface area contributed by atoms with E-state index in [4.69, 9.17) is 11.6 Å². The van der Waals surface area contributed by atoms with E-state index in [9.17, 15) is 13.2 Å². The summed E-state index contributed by atoms with van der Waals surface area (Å²) in [6.07, 6.45) is -4.20. The Morgan fingerprint density at radius 3 is 2.44 bits per heavy atom. The number of piperazine rings is 1. The van der Waals surface area contributed by atoms with Crippen LogP contribution < -0.4 is 10.2 Å². The zero-order chi connectivity index (χ0) is 18.3. The summed E-state index contributed by atoms with van der Waals surface area (Å²) in [5.41, 5.74) is 1.03. The van der Waals surface area contributed by atoms with Gasteiger partial charge in [-0.1, -0.05) is 23.7 Å². The van der Waals surface area contributed by atoms with Crippen molar-refractivity contribution in [3.05, 3.63) is 29.3 Å². The molecule has 1 aromatic rings. The molecule has 1 N–H and O–H groups in total. The zero-order valence-electron chi connectivity index (χ0n) is 14.3. The van der Waals surface area contributed by atoms with E-state index in [2.05, 4.69) is 20.1 Å². The molecule has 8 heteroatoms. The van der Waals surface area contributed by atoms with Crippen LogP contribution >= 0.6 is 11.6 Å². The highest BCUT2D eigenvalue weighted by Crippen LogP contribution is 2.26. The number of unbranched alkanes of at least 4 members (excludes halogenated alkanes) is 1. The van der Waals surface area contributed by atoms with Gasteiger partial charge in [0.25, 0.3) is 0 Å². The fraction of sp³-hybridized carbons (Fsp3) is 0.588. The fourth-order valence-corrected chi connectivity index (χ4v) is 3.11. The van der Waals surface area contributed by atoms with E-state index >= 15 is 0 Å². The van der Waals surface area contributed by atoms with E-state index in [1.165, 1.54) is 0 Å². The molecule has 0 radical (unpaired) electrons. The van der Waals surface area contributed by atoms with Gasteiger partial charge in [0.1, 0.15) is 0 Å². The van der Waals surface area contributed by atoms with E-state index in [1.54, 1.807) is 7.05 Å². The van der Waals surface area contributed by atoms with Crippen molar-refractivity contribution in [1.82, 2.24) is 10.2 Å². The number of alkyl halides is 3. The van der Waals surface area contributed by atoms with Crippen LogP contribution in [0.2, 0.25) is 5.02 Å². The molecule has 2 rings (SSSR count). The second kappa shape index (κ2) is 9.17. The second-order valence-electron chi connectivity index (χ2n) is 5.97. The first-order chi connectivity index (χ1) is 11.9. The molecular formula is C17H24ClF3N4. The molecule has 0 atom stereocenters. The summed E-state index contributed by atoms with van der Waals surface area (Å²) in [6, 6.07) is 7.76. The lowest BCUT2D eigenvalue weighted by atomic mass is 10.2. The van der Waals surface area contributed by atoms with Crippen molar-refractivity contribution in [3.8, 4) is 0 Å². The van der Waals surface area contributed by atoms with Gasteiger partial charge in [0.2, 0.25) is 0 Å². The van der Waals surface area contributed by atoms with Crippen LogP contribution in [-0.2, 0) is 0 Å². The second-order valence-corrected chi connectivity index (χ2v) is 6.38. The first-order valence-corrected chi connectivity index (χ1v) is 8.80. The Labute approximate surface area is 151 Å². The van der Waals surface area contributed by atoms with E-state index in [0.29, 0.717) is 13.0 Å². The third kappa shape index (κ3) is 6.30. The van der Waals surface area contributed by atoms with Crippen molar-refractivity contribution in [2.75, 3.05) is 44.7 Å². The van der Waals surface area contributed by atoms with Crippen molar-refractivity contribution in [2.45, 2.75) is 25.4 Å². The van der Waals surface area contributed by atoms with Crippen LogP contribution in [0.3, 0.4) is 0 Å². The highest BCUT2D eigenvalue weighted by molar-refractivity contribution is 6.33. The predicted molar refractivity (Wildman–Crippen MR) is 96.5 cm³/mol. The predicted octanol–water partition coefficient (Wildman–Crippen LogP) is 3.77. The Kier molecular flexibility index (Phi) is 7.23. The third-order valence-electron chi connectivity index (χ3n) is 4.15. The van der Waals surface area contributed by atoms with Crippen molar-refractivity contribution < 1.29 is 13.2 Å². The van der Waals surface area contributed by atoms with Gasteiger partial charge >= 0.3 is 6.18 Å². The Hall–Kier alpha value is -1.63. The summed E-state index contributed by atoms with van der Waals surface area (Å²) in [7, 11) is 1.69. The molecule has 1 fully saturated rings. The molecule has 0 aromatic heterocycles. The van der Waals surface area contributed by atoms with Crippen molar-refractivity contribution >= 4 is 23.2 Å². The van der Waals surface area contributed by atoms with Gasteiger partial charge in [-0.15, -0.1) is 0 Å². The van der Waals surface area contributed by atoms with Gasteiger partial charge < -0.3 is 15.1 Å². The van der Waals surface area contributed by atoms with E-state index in [1.807, 2.05) is 24.3 Å². The van der Waals surface area contributed by atoms with Crippen LogP contribution in [0.5, 0.6) is 0 Å². The lowest BCUT2D eigenvalue weighted by molar-refractivity contribution is -0.135. The van der Waals surface area contributed by atoms with Crippen LogP contribution in [0.25, 0.3) is 0 Å². The molecule has 140 valence electrons. The minimum Gasteiger partial charge on any atom is -0.367 e. The first-order valence-electron chi connectivity index (χ1n) is 8.42. The lowest BCUT2D eigenvalue weighted by Crippen LogP contribution is -2.52. The molecule has 1 heterocycles. The number of aliphatic imine (C=N–C) groups is 1. The Morgan fingerprint density at radius 1 is 1.16 bits per heavy atom. The molecule has 0 saturated carbocycles. The number of rotatable bonds is 5. The fourth-order valence-electron chi connectivity index (χ4n) is 2.85. The Bertz CT molecular complexity index is 569. The summed E-state index contributed by atoms with van der Waals surface area (Å²) >= 11 is 6.24. The number of hydrogen-bond donors (Lipinski definition) is 1. The van der Waals surface area contributed by atoms with Gasteiger partial charge in [0.15, 0.2) is 5.96 Å². The van der Waals surface area contributed by atoms with E-state index in [-0.39, 0.29) is 6.42 Å². The molecular weight excluding hydrogens is 353 g/mol. The monoisotopic (exact) mass is 376 g/mol. The van der Waals surface area contributed by atoms with Crippen LogP contribution in [-0.4, -0.2) is 56.8 Å². The molecule has 0 aliphatic carbocycles. The smallest absolute Gasteiger partial charge is 0.367 e. The molecule has 1 saturated heterocycles. The summed E-state index contributed by atoms with van der Waals surface area (Å²) < 4.78 is 36.4. The highest BCUT2D eigenvalue weighted by atomic mass is 35.5. The standard InChI is InChI=1S/C17H24ClF3N4/c1-22-16(23-9-5-4-8-17(19,20)21)25-12-10-24(11-13-25)15-7-3-2-6-14(15)18/h2-3,6-7H,4-5,8-13H2,1H3,(H,22,23). The molecule has 1 aliphatic rings. The largest absolute Gasteiger partial charge is 0.389 e. The molecule has 0 unspecified atom stereocenters. The lowest BCUT2D eigenvalue weighted by Gasteiger charge is -2.38. The van der Waals surface area contributed by atoms with Gasteiger partial charge in [-0.3, -0.25) is 4.99 Å². The van der Waals surface area contributed by atoms with Gasteiger partial charge in [-0.25, -0.2) is 0 Å².